The van der Waals surface area contributed by atoms with Crippen molar-refractivity contribution in [3.63, 3.8) is 0 Å². The summed E-state index contributed by atoms with van der Waals surface area (Å²) >= 11 is 0. The van der Waals surface area contributed by atoms with Gasteiger partial charge in [0.2, 0.25) is 0 Å². The van der Waals surface area contributed by atoms with Crippen molar-refractivity contribution in [1.29, 1.82) is 0 Å². The van der Waals surface area contributed by atoms with Crippen LogP contribution in [-0.2, 0) is 6.54 Å². The Balaban J connectivity index is 1.80. The molecule has 5 nitrogen and oxygen atoms in total. The first-order valence-corrected chi connectivity index (χ1v) is 7.62. The SMILES string of the molecule is CCCNc1cc(N(C)Cc2ccco2)nc(C2CC2)n1. The molecule has 2 heterocycles. The Morgan fingerprint density at radius 1 is 1.38 bits per heavy atom. The number of nitrogens with zero attached hydrogens (tertiary/aromatic N) is 3. The van der Waals surface area contributed by atoms with Gasteiger partial charge in [-0.25, -0.2) is 9.97 Å². The molecule has 0 aromatic carbocycles. The summed E-state index contributed by atoms with van der Waals surface area (Å²) in [5, 5.41) is 3.37. The molecule has 1 saturated carbocycles. The quantitative estimate of drug-likeness (QED) is 0.845. The summed E-state index contributed by atoms with van der Waals surface area (Å²) < 4.78 is 5.41. The molecule has 2 aromatic rings. The van der Waals surface area contributed by atoms with Crippen LogP contribution in [0.5, 0.6) is 0 Å². The van der Waals surface area contributed by atoms with Gasteiger partial charge in [-0.1, -0.05) is 6.92 Å². The highest BCUT2D eigenvalue weighted by molar-refractivity contribution is 5.49. The molecule has 1 N–H and O–H groups in total. The molecule has 1 aliphatic rings. The molecular weight excluding hydrogens is 264 g/mol. The van der Waals surface area contributed by atoms with Crippen LogP contribution in [0.3, 0.4) is 0 Å². The molecule has 2 aromatic heterocycles. The maximum absolute atomic E-state index is 5.41. The van der Waals surface area contributed by atoms with E-state index in [4.69, 9.17) is 9.40 Å². The molecule has 0 aliphatic heterocycles. The van der Waals surface area contributed by atoms with Gasteiger partial charge in [-0.05, 0) is 31.4 Å². The fourth-order valence-corrected chi connectivity index (χ4v) is 2.23. The van der Waals surface area contributed by atoms with Gasteiger partial charge < -0.3 is 14.6 Å². The van der Waals surface area contributed by atoms with E-state index >= 15 is 0 Å². The second kappa shape index (κ2) is 6.16. The summed E-state index contributed by atoms with van der Waals surface area (Å²) in [5.74, 6) is 4.32. The molecular formula is C16H22N4O. The summed E-state index contributed by atoms with van der Waals surface area (Å²) in [6.07, 6.45) is 5.20. The highest BCUT2D eigenvalue weighted by atomic mass is 16.3. The monoisotopic (exact) mass is 286 g/mol. The van der Waals surface area contributed by atoms with Gasteiger partial charge in [0.25, 0.3) is 0 Å². The Morgan fingerprint density at radius 3 is 2.90 bits per heavy atom. The van der Waals surface area contributed by atoms with Crippen molar-refractivity contribution in [3.05, 3.63) is 36.0 Å². The van der Waals surface area contributed by atoms with Crippen molar-refractivity contribution in [2.45, 2.75) is 38.6 Å². The molecule has 1 fully saturated rings. The molecule has 0 saturated heterocycles. The average Bonchev–Trinajstić information content (AvgIpc) is 3.23. The van der Waals surface area contributed by atoms with Crippen LogP contribution < -0.4 is 10.2 Å². The molecule has 0 atom stereocenters. The van der Waals surface area contributed by atoms with Gasteiger partial charge in [0.05, 0.1) is 12.8 Å². The zero-order valence-electron chi connectivity index (χ0n) is 12.7. The molecule has 0 radical (unpaired) electrons. The van der Waals surface area contributed by atoms with Gasteiger partial charge in [0.15, 0.2) is 0 Å². The third-order valence-corrected chi connectivity index (χ3v) is 3.59. The summed E-state index contributed by atoms with van der Waals surface area (Å²) in [6.45, 7) is 3.80. The van der Waals surface area contributed by atoms with Crippen LogP contribution in [0.1, 0.15) is 43.7 Å². The highest BCUT2D eigenvalue weighted by Crippen LogP contribution is 2.39. The number of furan rings is 1. The van der Waals surface area contributed by atoms with E-state index in [0.29, 0.717) is 12.5 Å². The number of rotatable bonds is 7. The topological polar surface area (TPSA) is 54.2 Å². The molecule has 1 aliphatic carbocycles. The zero-order chi connectivity index (χ0) is 14.7. The minimum absolute atomic E-state index is 0.545. The Bertz CT molecular complexity index is 578. The lowest BCUT2D eigenvalue weighted by Crippen LogP contribution is -2.19. The van der Waals surface area contributed by atoms with Gasteiger partial charge in [-0.15, -0.1) is 0 Å². The van der Waals surface area contributed by atoms with Crippen LogP contribution in [0.2, 0.25) is 0 Å². The lowest BCUT2D eigenvalue weighted by Gasteiger charge is -2.18. The third kappa shape index (κ3) is 3.54. The van der Waals surface area contributed by atoms with Crippen LogP contribution in [-0.4, -0.2) is 23.6 Å². The lowest BCUT2D eigenvalue weighted by molar-refractivity contribution is 0.506. The van der Waals surface area contributed by atoms with Crippen molar-refractivity contribution in [1.82, 2.24) is 9.97 Å². The minimum Gasteiger partial charge on any atom is -0.467 e. The number of aromatic nitrogens is 2. The summed E-state index contributed by atoms with van der Waals surface area (Å²) in [7, 11) is 2.03. The fraction of sp³-hybridized carbons (Fsp3) is 0.500. The number of anilines is 2. The number of nitrogens with one attached hydrogen (secondary N) is 1. The first-order chi connectivity index (χ1) is 10.3. The van der Waals surface area contributed by atoms with Crippen LogP contribution in [0, 0.1) is 0 Å². The van der Waals surface area contributed by atoms with E-state index in [1.165, 1.54) is 12.8 Å². The van der Waals surface area contributed by atoms with Crippen LogP contribution in [0.4, 0.5) is 11.6 Å². The van der Waals surface area contributed by atoms with Gasteiger partial charge in [0.1, 0.15) is 23.2 Å². The molecule has 5 heteroatoms. The van der Waals surface area contributed by atoms with E-state index in [1.807, 2.05) is 25.2 Å². The standard InChI is InChI=1S/C16H22N4O/c1-3-8-17-14-10-15(19-16(18-14)12-6-7-12)20(2)11-13-5-4-9-21-13/h4-5,9-10,12H,3,6-8,11H2,1-2H3,(H,17,18,19). The summed E-state index contributed by atoms with van der Waals surface area (Å²) in [4.78, 5) is 11.5. The largest absolute Gasteiger partial charge is 0.467 e. The van der Waals surface area contributed by atoms with Gasteiger partial charge in [-0.3, -0.25) is 0 Å². The van der Waals surface area contributed by atoms with E-state index in [2.05, 4.69) is 22.1 Å². The van der Waals surface area contributed by atoms with E-state index in [1.54, 1.807) is 6.26 Å². The smallest absolute Gasteiger partial charge is 0.136 e. The first kappa shape index (κ1) is 13.9. The van der Waals surface area contributed by atoms with Crippen molar-refractivity contribution >= 4 is 11.6 Å². The molecule has 0 bridgehead atoms. The van der Waals surface area contributed by atoms with Gasteiger partial charge >= 0.3 is 0 Å². The Kier molecular flexibility index (Phi) is 4.08. The first-order valence-electron chi connectivity index (χ1n) is 7.62. The van der Waals surface area contributed by atoms with Gasteiger partial charge in [-0.2, -0.15) is 0 Å². The predicted octanol–water partition coefficient (Wildman–Crippen LogP) is 3.41. The fourth-order valence-electron chi connectivity index (χ4n) is 2.23. The summed E-state index contributed by atoms with van der Waals surface area (Å²) in [5.41, 5.74) is 0. The summed E-state index contributed by atoms with van der Waals surface area (Å²) in [6, 6.07) is 5.91. The normalized spacial score (nSPS) is 14.2. The second-order valence-corrected chi connectivity index (χ2v) is 5.61. The molecule has 112 valence electrons. The Hall–Kier alpha value is -2.04. The van der Waals surface area contributed by atoms with E-state index in [0.717, 1.165) is 36.2 Å². The van der Waals surface area contributed by atoms with Crippen LogP contribution in [0.15, 0.2) is 28.9 Å². The maximum Gasteiger partial charge on any atom is 0.136 e. The van der Waals surface area contributed by atoms with Crippen LogP contribution >= 0.6 is 0 Å². The maximum atomic E-state index is 5.41. The van der Waals surface area contributed by atoms with Crippen molar-refractivity contribution < 1.29 is 4.42 Å². The highest BCUT2D eigenvalue weighted by Gasteiger charge is 2.27. The molecule has 3 rings (SSSR count). The van der Waals surface area contributed by atoms with Crippen LogP contribution in [0.25, 0.3) is 0 Å². The molecule has 0 spiro atoms. The van der Waals surface area contributed by atoms with E-state index in [-0.39, 0.29) is 0 Å². The molecule has 0 amide bonds. The zero-order valence-corrected chi connectivity index (χ0v) is 12.7. The van der Waals surface area contributed by atoms with Crippen molar-refractivity contribution in [2.75, 3.05) is 23.8 Å². The third-order valence-electron chi connectivity index (χ3n) is 3.59. The molecule has 21 heavy (non-hydrogen) atoms. The molecule has 0 unspecified atom stereocenters. The minimum atomic E-state index is 0.545. The predicted molar refractivity (Wildman–Crippen MR) is 83.6 cm³/mol. The number of hydrogen-bond acceptors (Lipinski definition) is 5. The second-order valence-electron chi connectivity index (χ2n) is 5.61. The van der Waals surface area contributed by atoms with Crippen molar-refractivity contribution in [2.24, 2.45) is 0 Å². The van der Waals surface area contributed by atoms with E-state index < -0.39 is 0 Å². The average molecular weight is 286 g/mol. The van der Waals surface area contributed by atoms with Crippen molar-refractivity contribution in [3.8, 4) is 0 Å². The van der Waals surface area contributed by atoms with Gasteiger partial charge in [0, 0.05) is 25.6 Å². The Morgan fingerprint density at radius 2 is 2.24 bits per heavy atom. The van der Waals surface area contributed by atoms with E-state index in [9.17, 15) is 0 Å². The Labute approximate surface area is 125 Å². The number of hydrogen-bond donors (Lipinski definition) is 1. The lowest BCUT2D eigenvalue weighted by atomic mass is 10.3.